The van der Waals surface area contributed by atoms with E-state index < -0.39 is 0 Å². The highest BCUT2D eigenvalue weighted by Gasteiger charge is 2.22. The first-order valence-corrected chi connectivity index (χ1v) is 6.59. The molecule has 0 bridgehead atoms. The van der Waals surface area contributed by atoms with Crippen LogP contribution in [-0.4, -0.2) is 18.5 Å². The molecule has 1 aromatic rings. The molecule has 2 rings (SSSR count). The highest BCUT2D eigenvalue weighted by molar-refractivity contribution is 9.11. The third-order valence-electron chi connectivity index (χ3n) is 2.16. The number of thiophene rings is 1. The lowest BCUT2D eigenvalue weighted by Gasteiger charge is -2.03. The highest BCUT2D eigenvalue weighted by atomic mass is 79.9. The smallest absolute Gasteiger partial charge is 0.234 e. The quantitative estimate of drug-likeness (QED) is 0.869. The Balaban J connectivity index is 1.63. The Morgan fingerprint density at radius 3 is 2.93 bits per heavy atom. The fourth-order valence-electron chi connectivity index (χ4n) is 1.25. The largest absolute Gasteiger partial charge is 0.352 e. The zero-order chi connectivity index (χ0) is 10.7. The average Bonchev–Trinajstić information content (AvgIpc) is 2.89. The number of hydrogen-bond acceptors (Lipinski definition) is 3. The van der Waals surface area contributed by atoms with Crippen molar-refractivity contribution in [2.24, 2.45) is 0 Å². The summed E-state index contributed by atoms with van der Waals surface area (Å²) in [6, 6.07) is 4.53. The molecule has 1 heterocycles. The predicted octanol–water partition coefficient (Wildman–Crippen LogP) is 1.88. The van der Waals surface area contributed by atoms with Crippen LogP contribution >= 0.6 is 27.3 Å². The maximum Gasteiger partial charge on any atom is 0.234 e. The number of halogens is 1. The molecule has 1 amide bonds. The molecule has 1 aliphatic carbocycles. The molecular formula is C10H13BrN2OS. The van der Waals surface area contributed by atoms with Gasteiger partial charge in [-0.15, -0.1) is 11.3 Å². The fourth-order valence-corrected chi connectivity index (χ4v) is 2.71. The van der Waals surface area contributed by atoms with Gasteiger partial charge in [0.05, 0.1) is 10.3 Å². The molecule has 5 heteroatoms. The van der Waals surface area contributed by atoms with Gasteiger partial charge in [-0.2, -0.15) is 0 Å². The van der Waals surface area contributed by atoms with E-state index in [1.165, 1.54) is 4.88 Å². The summed E-state index contributed by atoms with van der Waals surface area (Å²) in [5, 5.41) is 6.06. The Labute approximate surface area is 101 Å². The van der Waals surface area contributed by atoms with E-state index in [1.807, 2.05) is 6.07 Å². The van der Waals surface area contributed by atoms with Crippen molar-refractivity contribution >= 4 is 33.2 Å². The van der Waals surface area contributed by atoms with Crippen molar-refractivity contribution in [1.29, 1.82) is 0 Å². The van der Waals surface area contributed by atoms with Gasteiger partial charge in [-0.25, -0.2) is 0 Å². The molecule has 0 unspecified atom stereocenters. The van der Waals surface area contributed by atoms with Crippen LogP contribution in [0.1, 0.15) is 17.7 Å². The van der Waals surface area contributed by atoms with Crippen LogP contribution in [0.4, 0.5) is 0 Å². The first-order valence-electron chi connectivity index (χ1n) is 4.98. The molecule has 0 aromatic carbocycles. The molecule has 0 atom stereocenters. The summed E-state index contributed by atoms with van der Waals surface area (Å²) >= 11 is 5.09. The molecule has 0 radical (unpaired) electrons. The molecule has 3 nitrogen and oxygen atoms in total. The van der Waals surface area contributed by atoms with Crippen molar-refractivity contribution in [3.8, 4) is 0 Å². The first kappa shape index (κ1) is 11.1. The lowest BCUT2D eigenvalue weighted by Crippen LogP contribution is -2.34. The number of rotatable bonds is 5. The Morgan fingerprint density at radius 2 is 2.33 bits per heavy atom. The molecule has 0 spiro atoms. The monoisotopic (exact) mass is 288 g/mol. The minimum atomic E-state index is 0.105. The summed E-state index contributed by atoms with van der Waals surface area (Å²) in [6.45, 7) is 1.17. The number of carbonyl (C=O) groups is 1. The molecule has 15 heavy (non-hydrogen) atoms. The summed E-state index contributed by atoms with van der Waals surface area (Å²) in [5.41, 5.74) is 0. The van der Waals surface area contributed by atoms with Crippen LogP contribution in [0.2, 0.25) is 0 Å². The van der Waals surface area contributed by atoms with Gasteiger partial charge in [0.1, 0.15) is 0 Å². The van der Waals surface area contributed by atoms with Crippen LogP contribution < -0.4 is 10.6 Å². The van der Waals surface area contributed by atoms with Gasteiger partial charge in [0.15, 0.2) is 0 Å². The second-order valence-electron chi connectivity index (χ2n) is 3.65. The molecular weight excluding hydrogens is 276 g/mol. The zero-order valence-electron chi connectivity index (χ0n) is 8.25. The summed E-state index contributed by atoms with van der Waals surface area (Å²) in [5.74, 6) is 0.105. The minimum absolute atomic E-state index is 0.105. The van der Waals surface area contributed by atoms with Crippen molar-refractivity contribution in [2.45, 2.75) is 25.4 Å². The molecule has 0 aliphatic heterocycles. The molecule has 82 valence electrons. The fraction of sp³-hybridized carbons (Fsp3) is 0.500. The first-order chi connectivity index (χ1) is 7.24. The van der Waals surface area contributed by atoms with Gasteiger partial charge < -0.3 is 10.6 Å². The molecule has 1 aromatic heterocycles. The second kappa shape index (κ2) is 5.09. The van der Waals surface area contributed by atoms with Gasteiger partial charge in [0.2, 0.25) is 5.91 Å². The number of nitrogens with one attached hydrogen (secondary N) is 2. The third-order valence-corrected chi connectivity index (χ3v) is 3.78. The van der Waals surface area contributed by atoms with Gasteiger partial charge in [0, 0.05) is 17.5 Å². The number of amides is 1. The SMILES string of the molecule is O=C(CNCc1ccc(Br)s1)NC1CC1. The Kier molecular flexibility index (Phi) is 3.77. The third kappa shape index (κ3) is 3.93. The summed E-state index contributed by atoms with van der Waals surface area (Å²) < 4.78 is 1.13. The molecule has 1 aliphatic rings. The van der Waals surface area contributed by atoms with E-state index in [-0.39, 0.29) is 5.91 Å². The van der Waals surface area contributed by atoms with Crippen LogP contribution in [0.25, 0.3) is 0 Å². The molecule has 2 N–H and O–H groups in total. The van der Waals surface area contributed by atoms with E-state index in [0.717, 1.165) is 23.2 Å². The highest BCUT2D eigenvalue weighted by Crippen LogP contribution is 2.21. The van der Waals surface area contributed by atoms with Gasteiger partial charge in [-0.1, -0.05) is 0 Å². The van der Waals surface area contributed by atoms with Gasteiger partial charge in [-0.05, 0) is 40.9 Å². The van der Waals surface area contributed by atoms with Crippen LogP contribution in [0.15, 0.2) is 15.9 Å². The van der Waals surface area contributed by atoms with E-state index in [1.54, 1.807) is 11.3 Å². The Bertz CT molecular complexity index is 349. The Morgan fingerprint density at radius 1 is 1.53 bits per heavy atom. The van der Waals surface area contributed by atoms with Crippen LogP contribution in [0, 0.1) is 0 Å². The maximum absolute atomic E-state index is 11.3. The average molecular weight is 289 g/mol. The summed E-state index contributed by atoms with van der Waals surface area (Å²) in [7, 11) is 0. The summed E-state index contributed by atoms with van der Waals surface area (Å²) in [6.07, 6.45) is 2.28. The topological polar surface area (TPSA) is 41.1 Å². The zero-order valence-corrected chi connectivity index (χ0v) is 10.7. The second-order valence-corrected chi connectivity index (χ2v) is 6.20. The van der Waals surface area contributed by atoms with Gasteiger partial charge >= 0.3 is 0 Å². The molecule has 1 saturated carbocycles. The van der Waals surface area contributed by atoms with Crippen LogP contribution in [-0.2, 0) is 11.3 Å². The van der Waals surface area contributed by atoms with Crippen LogP contribution in [0.5, 0.6) is 0 Å². The van der Waals surface area contributed by atoms with E-state index in [4.69, 9.17) is 0 Å². The molecule has 0 saturated heterocycles. The predicted molar refractivity (Wildman–Crippen MR) is 64.9 cm³/mol. The van der Waals surface area contributed by atoms with Crippen molar-refractivity contribution < 1.29 is 4.79 Å². The Hall–Kier alpha value is -0.390. The van der Waals surface area contributed by atoms with Crippen molar-refractivity contribution in [3.63, 3.8) is 0 Å². The lowest BCUT2D eigenvalue weighted by molar-refractivity contribution is -0.120. The summed E-state index contributed by atoms with van der Waals surface area (Å²) in [4.78, 5) is 12.5. The lowest BCUT2D eigenvalue weighted by atomic mass is 10.4. The number of carbonyl (C=O) groups excluding carboxylic acids is 1. The number of hydrogen-bond donors (Lipinski definition) is 2. The van der Waals surface area contributed by atoms with Crippen molar-refractivity contribution in [1.82, 2.24) is 10.6 Å². The normalized spacial score (nSPS) is 15.3. The van der Waals surface area contributed by atoms with E-state index in [2.05, 4.69) is 32.6 Å². The van der Waals surface area contributed by atoms with Gasteiger partial charge in [0.25, 0.3) is 0 Å². The van der Waals surface area contributed by atoms with E-state index in [0.29, 0.717) is 12.6 Å². The molecule has 1 fully saturated rings. The standard InChI is InChI=1S/C10H13BrN2OS/c11-9-4-3-8(15-9)5-12-6-10(14)13-7-1-2-7/h3-4,7,12H,1-2,5-6H2,(H,13,14). The van der Waals surface area contributed by atoms with E-state index >= 15 is 0 Å². The van der Waals surface area contributed by atoms with Crippen molar-refractivity contribution in [3.05, 3.63) is 20.8 Å². The minimum Gasteiger partial charge on any atom is -0.352 e. The van der Waals surface area contributed by atoms with E-state index in [9.17, 15) is 4.79 Å². The van der Waals surface area contributed by atoms with Gasteiger partial charge in [-0.3, -0.25) is 4.79 Å². The van der Waals surface area contributed by atoms with Crippen molar-refractivity contribution in [2.75, 3.05) is 6.54 Å². The van der Waals surface area contributed by atoms with Crippen LogP contribution in [0.3, 0.4) is 0 Å². The maximum atomic E-state index is 11.3.